The number of aliphatic imine (C=N–C) groups is 1. The Morgan fingerprint density at radius 2 is 2.00 bits per heavy atom. The lowest BCUT2D eigenvalue weighted by atomic mass is 10.1. The maximum absolute atomic E-state index is 9.94. The van der Waals surface area contributed by atoms with Crippen LogP contribution in [0.4, 0.5) is 0 Å². The Morgan fingerprint density at radius 3 is 2.69 bits per heavy atom. The van der Waals surface area contributed by atoms with E-state index in [1.165, 1.54) is 18.5 Å². The van der Waals surface area contributed by atoms with Gasteiger partial charge in [-0.05, 0) is 11.6 Å². The van der Waals surface area contributed by atoms with Crippen LogP contribution in [0.1, 0.15) is 5.56 Å². The molecule has 1 aromatic carbocycles. The zero-order chi connectivity index (χ0) is 11.4. The van der Waals surface area contributed by atoms with E-state index in [2.05, 4.69) is 10.3 Å². The van der Waals surface area contributed by atoms with Gasteiger partial charge >= 0.3 is 0 Å². The summed E-state index contributed by atoms with van der Waals surface area (Å²) in [6.07, 6.45) is 5.74. The lowest BCUT2D eigenvalue weighted by molar-refractivity contribution is 0.145. The molecular formula is C12H12N2O2. The van der Waals surface area contributed by atoms with Crippen molar-refractivity contribution in [3.63, 3.8) is 0 Å². The zero-order valence-corrected chi connectivity index (χ0v) is 8.54. The lowest BCUT2D eigenvalue weighted by Crippen LogP contribution is -2.29. The quantitative estimate of drug-likeness (QED) is 0.700. The first kappa shape index (κ1) is 10.4. The van der Waals surface area contributed by atoms with Crippen molar-refractivity contribution in [1.29, 1.82) is 0 Å². The van der Waals surface area contributed by atoms with Gasteiger partial charge in [-0.1, -0.05) is 36.4 Å². The summed E-state index contributed by atoms with van der Waals surface area (Å²) in [6, 6.07) is 9.55. The van der Waals surface area contributed by atoms with Crippen molar-refractivity contribution in [2.45, 2.75) is 5.72 Å². The molecule has 16 heavy (non-hydrogen) atoms. The zero-order valence-electron chi connectivity index (χ0n) is 8.54. The molecule has 1 unspecified atom stereocenters. The maximum atomic E-state index is 9.94. The van der Waals surface area contributed by atoms with Gasteiger partial charge in [0.2, 0.25) is 5.72 Å². The molecular weight excluding hydrogens is 204 g/mol. The van der Waals surface area contributed by atoms with Crippen molar-refractivity contribution in [3.05, 3.63) is 53.9 Å². The van der Waals surface area contributed by atoms with Gasteiger partial charge < -0.3 is 15.5 Å². The van der Waals surface area contributed by atoms with E-state index in [0.29, 0.717) is 0 Å². The molecule has 2 rings (SSSR count). The first-order chi connectivity index (χ1) is 7.68. The van der Waals surface area contributed by atoms with Gasteiger partial charge in [-0.3, -0.25) is 0 Å². The molecule has 0 spiro atoms. The highest BCUT2D eigenvalue weighted by atomic mass is 16.3. The summed E-state index contributed by atoms with van der Waals surface area (Å²) >= 11 is 0. The van der Waals surface area contributed by atoms with E-state index < -0.39 is 5.72 Å². The highest BCUT2D eigenvalue weighted by Gasteiger charge is 2.22. The van der Waals surface area contributed by atoms with Crippen molar-refractivity contribution in [2.24, 2.45) is 4.99 Å². The monoisotopic (exact) mass is 216 g/mol. The predicted octanol–water partition coefficient (Wildman–Crippen LogP) is 1.42. The number of aliphatic hydroxyl groups excluding tert-OH is 1. The summed E-state index contributed by atoms with van der Waals surface area (Å²) in [7, 11) is 0. The van der Waals surface area contributed by atoms with Crippen molar-refractivity contribution in [2.75, 3.05) is 0 Å². The molecule has 0 aromatic heterocycles. The van der Waals surface area contributed by atoms with E-state index in [0.717, 1.165) is 5.56 Å². The maximum Gasteiger partial charge on any atom is 0.202 e. The molecule has 0 aliphatic carbocycles. The van der Waals surface area contributed by atoms with E-state index in [1.807, 2.05) is 30.3 Å². The number of benzene rings is 1. The molecule has 0 saturated carbocycles. The van der Waals surface area contributed by atoms with E-state index >= 15 is 0 Å². The molecule has 0 saturated heterocycles. The van der Waals surface area contributed by atoms with Crippen LogP contribution in [0.2, 0.25) is 0 Å². The number of aliphatic hydroxyl groups is 2. The topological polar surface area (TPSA) is 64.8 Å². The van der Waals surface area contributed by atoms with E-state index in [9.17, 15) is 10.2 Å². The van der Waals surface area contributed by atoms with Crippen molar-refractivity contribution >= 4 is 12.4 Å². The second-order valence-corrected chi connectivity index (χ2v) is 3.46. The van der Waals surface area contributed by atoms with Crippen LogP contribution in [0.5, 0.6) is 0 Å². The fraction of sp³-hybridized carbons (Fsp3) is 0.0833. The second kappa shape index (κ2) is 4.20. The molecule has 1 aliphatic rings. The lowest BCUT2D eigenvalue weighted by Gasteiger charge is -2.19. The summed E-state index contributed by atoms with van der Waals surface area (Å²) in [6.45, 7) is 0. The molecule has 4 nitrogen and oxygen atoms in total. The molecule has 1 atom stereocenters. The summed E-state index contributed by atoms with van der Waals surface area (Å²) in [5, 5.41) is 21.6. The van der Waals surface area contributed by atoms with Crippen molar-refractivity contribution < 1.29 is 10.2 Å². The number of rotatable bonds is 2. The summed E-state index contributed by atoms with van der Waals surface area (Å²) < 4.78 is 0. The third kappa shape index (κ3) is 2.49. The van der Waals surface area contributed by atoms with Crippen molar-refractivity contribution in [3.8, 4) is 0 Å². The Hall–Kier alpha value is -2.07. The third-order valence-electron chi connectivity index (χ3n) is 2.15. The Labute approximate surface area is 93.3 Å². The first-order valence-electron chi connectivity index (χ1n) is 4.87. The van der Waals surface area contributed by atoms with Crippen LogP contribution in [0.15, 0.2) is 53.4 Å². The van der Waals surface area contributed by atoms with Crippen LogP contribution < -0.4 is 5.32 Å². The fourth-order valence-corrected chi connectivity index (χ4v) is 1.36. The summed E-state index contributed by atoms with van der Waals surface area (Å²) in [5.74, 6) is -0.116. The van der Waals surface area contributed by atoms with Crippen LogP contribution in [0.25, 0.3) is 6.08 Å². The van der Waals surface area contributed by atoms with Gasteiger partial charge in [0.1, 0.15) is 0 Å². The average molecular weight is 216 g/mol. The van der Waals surface area contributed by atoms with Gasteiger partial charge in [0.25, 0.3) is 0 Å². The summed E-state index contributed by atoms with van der Waals surface area (Å²) in [5.41, 5.74) is -0.525. The van der Waals surface area contributed by atoms with E-state index in [4.69, 9.17) is 0 Å². The number of hydrogen-bond donors (Lipinski definition) is 3. The molecule has 0 bridgehead atoms. The molecule has 1 aliphatic heterocycles. The fourth-order valence-electron chi connectivity index (χ4n) is 1.36. The van der Waals surface area contributed by atoms with Crippen LogP contribution in [0.3, 0.4) is 0 Å². The minimum Gasteiger partial charge on any atom is -0.495 e. The standard InChI is InChI=1S/C12H12N2O2/c15-11-8-12(16,14-9-13-11)7-6-10-4-2-1-3-5-10/h1-9,15-16H,(H,13,14)/b7-6+. The number of hydrogen-bond acceptors (Lipinski definition) is 4. The predicted molar refractivity (Wildman–Crippen MR) is 62.8 cm³/mol. The molecule has 3 N–H and O–H groups in total. The Balaban J connectivity index is 2.18. The normalized spacial score (nSPS) is 24.2. The van der Waals surface area contributed by atoms with Crippen LogP contribution in [0, 0.1) is 0 Å². The highest BCUT2D eigenvalue weighted by molar-refractivity contribution is 5.61. The molecule has 1 aromatic rings. The van der Waals surface area contributed by atoms with Crippen molar-refractivity contribution in [1.82, 2.24) is 5.32 Å². The molecule has 1 heterocycles. The Morgan fingerprint density at radius 1 is 1.25 bits per heavy atom. The summed E-state index contributed by atoms with van der Waals surface area (Å²) in [4.78, 5) is 3.82. The minimum absolute atomic E-state index is 0.116. The van der Waals surface area contributed by atoms with Gasteiger partial charge in [-0.15, -0.1) is 0 Å². The van der Waals surface area contributed by atoms with Crippen LogP contribution >= 0.6 is 0 Å². The van der Waals surface area contributed by atoms with Crippen LogP contribution in [-0.4, -0.2) is 22.3 Å². The number of nitrogens with one attached hydrogen (secondary N) is 1. The van der Waals surface area contributed by atoms with Gasteiger partial charge in [0, 0.05) is 6.08 Å². The minimum atomic E-state index is -1.48. The third-order valence-corrected chi connectivity index (χ3v) is 2.15. The molecule has 4 heteroatoms. The van der Waals surface area contributed by atoms with Gasteiger partial charge in [0.05, 0.1) is 6.34 Å². The van der Waals surface area contributed by atoms with E-state index in [-0.39, 0.29) is 5.88 Å². The molecule has 0 radical (unpaired) electrons. The SMILES string of the molecule is OC1=CC(O)(/C=C/c2ccccc2)N=CN1. The number of nitrogens with zero attached hydrogens (tertiary/aromatic N) is 1. The molecule has 0 amide bonds. The van der Waals surface area contributed by atoms with Crippen LogP contribution in [-0.2, 0) is 0 Å². The molecule has 82 valence electrons. The van der Waals surface area contributed by atoms with E-state index in [1.54, 1.807) is 6.08 Å². The van der Waals surface area contributed by atoms with Gasteiger partial charge in [-0.2, -0.15) is 0 Å². The Bertz CT molecular complexity index is 451. The molecule has 0 fully saturated rings. The Kier molecular flexibility index (Phi) is 2.74. The van der Waals surface area contributed by atoms with Gasteiger partial charge in [-0.25, -0.2) is 4.99 Å². The average Bonchev–Trinajstić information content (AvgIpc) is 2.28. The first-order valence-corrected chi connectivity index (χ1v) is 4.87. The van der Waals surface area contributed by atoms with Gasteiger partial charge in [0.15, 0.2) is 5.88 Å². The smallest absolute Gasteiger partial charge is 0.202 e. The second-order valence-electron chi connectivity index (χ2n) is 3.46. The largest absolute Gasteiger partial charge is 0.495 e. The highest BCUT2D eigenvalue weighted by Crippen LogP contribution is 2.16.